The Morgan fingerprint density at radius 1 is 1.64 bits per heavy atom. The Balaban J connectivity index is 2.61. The maximum atomic E-state index is 10.4. The van der Waals surface area contributed by atoms with Gasteiger partial charge in [0.05, 0.1) is 4.92 Å². The maximum absolute atomic E-state index is 10.4. The van der Waals surface area contributed by atoms with Gasteiger partial charge in [0.15, 0.2) is 0 Å². The van der Waals surface area contributed by atoms with Gasteiger partial charge in [-0.3, -0.25) is 10.1 Å². The molecule has 4 N–H and O–H groups in total. The molecule has 1 rings (SSSR count). The molecule has 0 unspecified atom stereocenters. The molecule has 0 fully saturated rings. The molecule has 6 heteroatoms. The molecule has 1 heterocycles. The third kappa shape index (κ3) is 2.76. The number of thiophene rings is 1. The Bertz CT molecular complexity index is 313. The quantitative estimate of drug-likeness (QED) is 0.573. The first-order valence-corrected chi connectivity index (χ1v) is 5.21. The van der Waals surface area contributed by atoms with Gasteiger partial charge in [0.1, 0.15) is 0 Å². The zero-order chi connectivity index (χ0) is 10.6. The molecule has 0 spiro atoms. The lowest BCUT2D eigenvalue weighted by Crippen LogP contribution is -2.11. The third-order valence-electron chi connectivity index (χ3n) is 1.93. The van der Waals surface area contributed by atoms with Crippen molar-refractivity contribution in [1.82, 2.24) is 0 Å². The minimum atomic E-state index is -0.399. The van der Waals surface area contributed by atoms with Crippen molar-refractivity contribution in [2.24, 2.45) is 11.5 Å². The van der Waals surface area contributed by atoms with Crippen LogP contribution in [0.5, 0.6) is 0 Å². The first-order valence-electron chi connectivity index (χ1n) is 4.33. The van der Waals surface area contributed by atoms with Crippen molar-refractivity contribution in [3.05, 3.63) is 27.1 Å². The van der Waals surface area contributed by atoms with Crippen LogP contribution in [0, 0.1) is 10.1 Å². The molecule has 0 amide bonds. The molecule has 1 atom stereocenters. The van der Waals surface area contributed by atoms with Crippen molar-refractivity contribution in [3.63, 3.8) is 0 Å². The number of hydrogen-bond donors (Lipinski definition) is 2. The van der Waals surface area contributed by atoms with E-state index in [1.165, 1.54) is 6.07 Å². The molecular formula is C8H13N3O2S. The van der Waals surface area contributed by atoms with E-state index in [9.17, 15) is 10.1 Å². The predicted molar refractivity (Wildman–Crippen MR) is 56.2 cm³/mol. The molecule has 14 heavy (non-hydrogen) atoms. The average Bonchev–Trinajstić information content (AvgIpc) is 2.62. The summed E-state index contributed by atoms with van der Waals surface area (Å²) in [5, 5.41) is 12.3. The van der Waals surface area contributed by atoms with Crippen LogP contribution in [0.4, 0.5) is 5.00 Å². The lowest BCUT2D eigenvalue weighted by atomic mass is 10.1. The Hall–Kier alpha value is -0.980. The van der Waals surface area contributed by atoms with Gasteiger partial charge < -0.3 is 11.5 Å². The van der Waals surface area contributed by atoms with Gasteiger partial charge in [-0.05, 0) is 24.9 Å². The Morgan fingerprint density at radius 2 is 2.36 bits per heavy atom. The highest BCUT2D eigenvalue weighted by atomic mass is 32.1. The maximum Gasteiger partial charge on any atom is 0.324 e. The summed E-state index contributed by atoms with van der Waals surface area (Å²) in [6.07, 6.45) is 1.61. The summed E-state index contributed by atoms with van der Waals surface area (Å²) in [4.78, 5) is 10.0. The fourth-order valence-electron chi connectivity index (χ4n) is 1.13. The first-order chi connectivity index (χ1) is 6.65. The molecule has 0 bridgehead atoms. The van der Waals surface area contributed by atoms with E-state index in [2.05, 4.69) is 0 Å². The second kappa shape index (κ2) is 5.04. The Kier molecular flexibility index (Phi) is 3.99. The molecule has 0 aliphatic rings. The summed E-state index contributed by atoms with van der Waals surface area (Å²) < 4.78 is 0. The van der Waals surface area contributed by atoms with Crippen LogP contribution in [0.25, 0.3) is 0 Å². The van der Waals surface area contributed by atoms with E-state index < -0.39 is 4.92 Å². The normalized spacial score (nSPS) is 12.7. The van der Waals surface area contributed by atoms with Crippen molar-refractivity contribution in [2.45, 2.75) is 18.9 Å². The number of nitro groups is 1. The minimum Gasteiger partial charge on any atom is -0.330 e. The summed E-state index contributed by atoms with van der Waals surface area (Å²) in [6.45, 7) is 0.597. The van der Waals surface area contributed by atoms with Crippen molar-refractivity contribution < 1.29 is 4.92 Å². The summed E-state index contributed by atoms with van der Waals surface area (Å²) >= 11 is 1.11. The standard InChI is InChI=1S/C8H13N3O2S/c9-3-1-2-7(10)6-4-8(11(12)13)14-5-6/h4-5,7H,1-3,9-10H2/t7-/m0/s1. The van der Waals surface area contributed by atoms with Gasteiger partial charge in [0.2, 0.25) is 0 Å². The summed E-state index contributed by atoms with van der Waals surface area (Å²) in [6, 6.07) is 1.40. The fourth-order valence-corrected chi connectivity index (χ4v) is 1.92. The number of nitrogens with zero attached hydrogens (tertiary/aromatic N) is 1. The Morgan fingerprint density at radius 3 is 2.86 bits per heavy atom. The second-order valence-electron chi connectivity index (χ2n) is 3.01. The summed E-state index contributed by atoms with van der Waals surface area (Å²) in [5.74, 6) is 0. The van der Waals surface area contributed by atoms with Gasteiger partial charge >= 0.3 is 5.00 Å². The van der Waals surface area contributed by atoms with Gasteiger partial charge in [0, 0.05) is 17.5 Å². The third-order valence-corrected chi connectivity index (χ3v) is 2.83. The minimum absolute atomic E-state index is 0.136. The summed E-state index contributed by atoms with van der Waals surface area (Å²) in [7, 11) is 0. The number of rotatable bonds is 5. The van der Waals surface area contributed by atoms with Crippen molar-refractivity contribution in [1.29, 1.82) is 0 Å². The van der Waals surface area contributed by atoms with Crippen LogP contribution in [0.15, 0.2) is 11.4 Å². The van der Waals surface area contributed by atoms with Gasteiger partial charge in [-0.1, -0.05) is 11.3 Å². The van der Waals surface area contributed by atoms with E-state index >= 15 is 0 Å². The van der Waals surface area contributed by atoms with E-state index in [0.29, 0.717) is 6.54 Å². The Labute approximate surface area is 85.9 Å². The first kappa shape index (κ1) is 11.1. The van der Waals surface area contributed by atoms with Crippen LogP contribution in [-0.4, -0.2) is 11.5 Å². The molecule has 0 aliphatic heterocycles. The van der Waals surface area contributed by atoms with Crippen molar-refractivity contribution in [2.75, 3.05) is 6.54 Å². The molecular weight excluding hydrogens is 202 g/mol. The smallest absolute Gasteiger partial charge is 0.324 e. The van der Waals surface area contributed by atoms with E-state index in [1.54, 1.807) is 5.38 Å². The molecule has 0 aromatic carbocycles. The van der Waals surface area contributed by atoms with Crippen LogP contribution < -0.4 is 11.5 Å². The van der Waals surface area contributed by atoms with Crippen LogP contribution in [0.1, 0.15) is 24.4 Å². The SMILES string of the molecule is NCCC[C@H](N)c1csc([N+](=O)[O-])c1. The lowest BCUT2D eigenvalue weighted by molar-refractivity contribution is -0.380. The number of nitrogens with two attached hydrogens (primary N) is 2. The molecule has 0 aliphatic carbocycles. The van der Waals surface area contributed by atoms with E-state index in [1.807, 2.05) is 0 Å². The topological polar surface area (TPSA) is 95.2 Å². The van der Waals surface area contributed by atoms with Crippen LogP contribution in [0.2, 0.25) is 0 Å². The second-order valence-corrected chi connectivity index (χ2v) is 3.90. The lowest BCUT2D eigenvalue weighted by Gasteiger charge is -2.07. The molecule has 5 nitrogen and oxygen atoms in total. The summed E-state index contributed by atoms with van der Waals surface area (Å²) in [5.41, 5.74) is 12.0. The van der Waals surface area contributed by atoms with E-state index in [0.717, 1.165) is 29.7 Å². The predicted octanol–water partition coefficient (Wildman–Crippen LogP) is 1.40. The van der Waals surface area contributed by atoms with Crippen molar-refractivity contribution in [3.8, 4) is 0 Å². The van der Waals surface area contributed by atoms with Crippen LogP contribution in [-0.2, 0) is 0 Å². The number of hydrogen-bond acceptors (Lipinski definition) is 5. The van der Waals surface area contributed by atoms with Gasteiger partial charge in [-0.15, -0.1) is 0 Å². The monoisotopic (exact) mass is 215 g/mol. The molecule has 78 valence electrons. The highest BCUT2D eigenvalue weighted by molar-refractivity contribution is 7.13. The highest BCUT2D eigenvalue weighted by Crippen LogP contribution is 2.27. The molecule has 0 saturated heterocycles. The average molecular weight is 215 g/mol. The van der Waals surface area contributed by atoms with Crippen LogP contribution >= 0.6 is 11.3 Å². The zero-order valence-corrected chi connectivity index (χ0v) is 8.50. The highest BCUT2D eigenvalue weighted by Gasteiger charge is 2.13. The zero-order valence-electron chi connectivity index (χ0n) is 7.68. The largest absolute Gasteiger partial charge is 0.330 e. The van der Waals surface area contributed by atoms with Crippen LogP contribution in [0.3, 0.4) is 0 Å². The van der Waals surface area contributed by atoms with Gasteiger partial charge in [-0.2, -0.15) is 0 Å². The molecule has 1 aromatic rings. The van der Waals surface area contributed by atoms with Gasteiger partial charge in [0.25, 0.3) is 0 Å². The molecule has 0 radical (unpaired) electrons. The van der Waals surface area contributed by atoms with Gasteiger partial charge in [-0.25, -0.2) is 0 Å². The van der Waals surface area contributed by atoms with E-state index in [-0.39, 0.29) is 11.0 Å². The fraction of sp³-hybridized carbons (Fsp3) is 0.500. The molecule has 0 saturated carbocycles. The van der Waals surface area contributed by atoms with Crippen molar-refractivity contribution >= 4 is 16.3 Å². The van der Waals surface area contributed by atoms with E-state index in [4.69, 9.17) is 11.5 Å². The molecule has 1 aromatic heterocycles.